The van der Waals surface area contributed by atoms with Gasteiger partial charge in [0.05, 0.1) is 25.5 Å². The van der Waals surface area contributed by atoms with Crippen molar-refractivity contribution < 1.29 is 14.3 Å². The smallest absolute Gasteiger partial charge is 0.259 e. The zero-order valence-corrected chi connectivity index (χ0v) is 14.1. The molecule has 3 aromatic rings. The van der Waals surface area contributed by atoms with Gasteiger partial charge in [-0.05, 0) is 59.3 Å². The molecule has 1 N–H and O–H groups in total. The molecule has 25 heavy (non-hydrogen) atoms. The largest absolute Gasteiger partial charge is 0.497 e. The number of methoxy groups -OCH3 is 2. The van der Waals surface area contributed by atoms with Crippen molar-refractivity contribution in [3.63, 3.8) is 0 Å². The van der Waals surface area contributed by atoms with Crippen LogP contribution in [-0.2, 0) is 0 Å². The fraction of sp³-hybridized carbons (Fsp3) is 0.176. The van der Waals surface area contributed by atoms with E-state index >= 15 is 0 Å². The molecule has 0 aliphatic carbocycles. The first-order chi connectivity index (χ1) is 12.1. The van der Waals surface area contributed by atoms with E-state index in [0.717, 1.165) is 11.3 Å². The number of carbonyl (C=O) groups is 1. The minimum Gasteiger partial charge on any atom is -0.497 e. The first-order valence-corrected chi connectivity index (χ1v) is 7.49. The van der Waals surface area contributed by atoms with Gasteiger partial charge < -0.3 is 14.8 Å². The number of amides is 1. The number of hydrogen-bond acceptors (Lipinski definition) is 6. The summed E-state index contributed by atoms with van der Waals surface area (Å²) in [4.78, 5) is 12.6. The Hall–Kier alpha value is -3.42. The van der Waals surface area contributed by atoms with Crippen molar-refractivity contribution in [2.45, 2.75) is 6.92 Å². The maximum Gasteiger partial charge on any atom is 0.259 e. The lowest BCUT2D eigenvalue weighted by molar-refractivity contribution is 0.102. The van der Waals surface area contributed by atoms with Gasteiger partial charge in [0.1, 0.15) is 17.8 Å². The maximum atomic E-state index is 12.6. The molecule has 0 saturated heterocycles. The SMILES string of the molecule is COc1ccc(OC)c(C(=O)Nc2ccc(-n3cnnn3)c(C)c2)c1. The van der Waals surface area contributed by atoms with Gasteiger partial charge in [0.15, 0.2) is 0 Å². The lowest BCUT2D eigenvalue weighted by atomic mass is 10.1. The van der Waals surface area contributed by atoms with Crippen molar-refractivity contribution in [1.29, 1.82) is 0 Å². The molecule has 1 aromatic heterocycles. The monoisotopic (exact) mass is 339 g/mol. The third-order valence-corrected chi connectivity index (χ3v) is 3.70. The Labute approximate surface area is 144 Å². The Balaban J connectivity index is 1.85. The van der Waals surface area contributed by atoms with Crippen LogP contribution >= 0.6 is 0 Å². The highest BCUT2D eigenvalue weighted by atomic mass is 16.5. The molecule has 0 saturated carbocycles. The Morgan fingerprint density at radius 1 is 1.12 bits per heavy atom. The van der Waals surface area contributed by atoms with Crippen LogP contribution in [0.1, 0.15) is 15.9 Å². The maximum absolute atomic E-state index is 12.6. The van der Waals surface area contributed by atoms with Gasteiger partial charge in [-0.15, -0.1) is 5.10 Å². The van der Waals surface area contributed by atoms with Gasteiger partial charge in [-0.25, -0.2) is 4.68 Å². The summed E-state index contributed by atoms with van der Waals surface area (Å²) in [6, 6.07) is 10.5. The Morgan fingerprint density at radius 3 is 2.60 bits per heavy atom. The van der Waals surface area contributed by atoms with E-state index in [0.29, 0.717) is 22.7 Å². The van der Waals surface area contributed by atoms with Gasteiger partial charge in [0.25, 0.3) is 5.91 Å². The topological polar surface area (TPSA) is 91.2 Å². The molecule has 8 heteroatoms. The molecular formula is C17H17N5O3. The molecule has 1 heterocycles. The zero-order chi connectivity index (χ0) is 17.8. The summed E-state index contributed by atoms with van der Waals surface area (Å²) in [5.41, 5.74) is 2.80. The highest BCUT2D eigenvalue weighted by molar-refractivity contribution is 6.06. The molecule has 0 aliphatic heterocycles. The normalized spacial score (nSPS) is 10.4. The van der Waals surface area contributed by atoms with E-state index < -0.39 is 0 Å². The summed E-state index contributed by atoms with van der Waals surface area (Å²) in [6.07, 6.45) is 1.52. The van der Waals surface area contributed by atoms with Crippen LogP contribution in [0.4, 0.5) is 5.69 Å². The van der Waals surface area contributed by atoms with Crippen molar-refractivity contribution in [2.75, 3.05) is 19.5 Å². The molecule has 0 aliphatic rings. The number of aryl methyl sites for hydroxylation is 1. The summed E-state index contributed by atoms with van der Waals surface area (Å²) in [5, 5.41) is 14.0. The second-order valence-corrected chi connectivity index (χ2v) is 5.28. The minimum atomic E-state index is -0.287. The van der Waals surface area contributed by atoms with Crippen molar-refractivity contribution in [3.8, 4) is 17.2 Å². The first-order valence-electron chi connectivity index (χ1n) is 7.49. The summed E-state index contributed by atoms with van der Waals surface area (Å²) in [7, 11) is 3.06. The van der Waals surface area contributed by atoms with Crippen molar-refractivity contribution in [1.82, 2.24) is 20.2 Å². The highest BCUT2D eigenvalue weighted by Crippen LogP contribution is 2.25. The first kappa shape index (κ1) is 16.4. The Bertz CT molecular complexity index is 893. The average molecular weight is 339 g/mol. The standard InChI is InChI=1S/C17H17N5O3/c1-11-8-12(4-6-15(11)22-10-18-20-21-22)19-17(23)14-9-13(24-2)5-7-16(14)25-3/h4-10H,1-3H3,(H,19,23). The number of benzene rings is 2. The number of anilines is 1. The molecule has 0 radical (unpaired) electrons. The average Bonchev–Trinajstić information content (AvgIpc) is 3.15. The van der Waals surface area contributed by atoms with Crippen LogP contribution < -0.4 is 14.8 Å². The number of nitrogens with zero attached hydrogens (tertiary/aromatic N) is 4. The van der Waals surface area contributed by atoms with Crippen LogP contribution in [0.15, 0.2) is 42.7 Å². The lowest BCUT2D eigenvalue weighted by Crippen LogP contribution is -2.13. The molecule has 0 fully saturated rings. The lowest BCUT2D eigenvalue weighted by Gasteiger charge is -2.12. The molecule has 3 rings (SSSR count). The molecule has 0 atom stereocenters. The number of carbonyl (C=O) groups excluding carboxylic acids is 1. The van der Waals surface area contributed by atoms with E-state index in [-0.39, 0.29) is 5.91 Å². The second kappa shape index (κ2) is 7.00. The Morgan fingerprint density at radius 2 is 1.96 bits per heavy atom. The molecule has 0 unspecified atom stereocenters. The van der Waals surface area contributed by atoms with Gasteiger partial charge >= 0.3 is 0 Å². The molecule has 128 valence electrons. The molecule has 8 nitrogen and oxygen atoms in total. The zero-order valence-electron chi connectivity index (χ0n) is 14.1. The van der Waals surface area contributed by atoms with Gasteiger partial charge in [-0.3, -0.25) is 4.79 Å². The number of rotatable bonds is 5. The highest BCUT2D eigenvalue weighted by Gasteiger charge is 2.14. The number of hydrogen-bond donors (Lipinski definition) is 1. The molecule has 0 bridgehead atoms. The fourth-order valence-electron chi connectivity index (χ4n) is 2.45. The quantitative estimate of drug-likeness (QED) is 0.766. The van der Waals surface area contributed by atoms with Crippen LogP contribution in [0.3, 0.4) is 0 Å². The van der Waals surface area contributed by atoms with E-state index in [9.17, 15) is 4.79 Å². The summed E-state index contributed by atoms with van der Waals surface area (Å²) in [5.74, 6) is 0.766. The molecule has 0 spiro atoms. The molecule has 2 aromatic carbocycles. The second-order valence-electron chi connectivity index (χ2n) is 5.28. The van der Waals surface area contributed by atoms with Crippen LogP contribution in [0.5, 0.6) is 11.5 Å². The summed E-state index contributed by atoms with van der Waals surface area (Å²) in [6.45, 7) is 1.92. The van der Waals surface area contributed by atoms with E-state index in [1.807, 2.05) is 19.1 Å². The predicted molar refractivity (Wildman–Crippen MR) is 91.4 cm³/mol. The number of aromatic nitrogens is 4. The third-order valence-electron chi connectivity index (χ3n) is 3.70. The van der Waals surface area contributed by atoms with E-state index in [1.54, 1.807) is 36.1 Å². The number of nitrogens with one attached hydrogen (secondary N) is 1. The van der Waals surface area contributed by atoms with Gasteiger partial charge in [-0.2, -0.15) is 0 Å². The van der Waals surface area contributed by atoms with Crippen LogP contribution in [0.25, 0.3) is 5.69 Å². The van der Waals surface area contributed by atoms with Crippen molar-refractivity contribution in [2.24, 2.45) is 0 Å². The molecule has 1 amide bonds. The van der Waals surface area contributed by atoms with Gasteiger partial charge in [0, 0.05) is 5.69 Å². The summed E-state index contributed by atoms with van der Waals surface area (Å²) >= 11 is 0. The van der Waals surface area contributed by atoms with Crippen molar-refractivity contribution in [3.05, 3.63) is 53.9 Å². The molecular weight excluding hydrogens is 322 g/mol. The predicted octanol–water partition coefficient (Wildman–Crippen LogP) is 2.24. The summed E-state index contributed by atoms with van der Waals surface area (Å²) < 4.78 is 12.0. The van der Waals surface area contributed by atoms with Gasteiger partial charge in [0.2, 0.25) is 0 Å². The Kier molecular flexibility index (Phi) is 4.60. The van der Waals surface area contributed by atoms with Gasteiger partial charge in [-0.1, -0.05) is 0 Å². The van der Waals surface area contributed by atoms with Crippen molar-refractivity contribution >= 4 is 11.6 Å². The van der Waals surface area contributed by atoms with E-state index in [1.165, 1.54) is 13.4 Å². The van der Waals surface area contributed by atoms with Crippen LogP contribution in [0, 0.1) is 6.92 Å². The number of ether oxygens (including phenoxy) is 2. The van der Waals surface area contributed by atoms with E-state index in [4.69, 9.17) is 9.47 Å². The minimum absolute atomic E-state index is 0.287. The third kappa shape index (κ3) is 3.42. The van der Waals surface area contributed by atoms with Crippen LogP contribution in [-0.4, -0.2) is 40.3 Å². The fourth-order valence-corrected chi connectivity index (χ4v) is 2.45. The number of tetrazole rings is 1. The van der Waals surface area contributed by atoms with Crippen LogP contribution in [0.2, 0.25) is 0 Å². The van der Waals surface area contributed by atoms with E-state index in [2.05, 4.69) is 20.8 Å².